The normalized spacial score (nSPS) is 4.43. The molecular weight excluding hydrogens is 188 g/mol. The van der Waals surface area contributed by atoms with Crippen molar-refractivity contribution in [3.8, 4) is 0 Å². The highest BCUT2D eigenvalue weighted by Crippen LogP contribution is 1.45. The van der Waals surface area contributed by atoms with Gasteiger partial charge in [0.1, 0.15) is 0 Å². The van der Waals surface area contributed by atoms with E-state index in [1.54, 1.807) is 0 Å². The molecule has 0 radical (unpaired) electrons. The molecule has 0 aromatic carbocycles. The average Bonchev–Trinajstić information content (AvgIpc) is 2.27. The van der Waals surface area contributed by atoms with Crippen LogP contribution in [0.4, 0.5) is 0 Å². The van der Waals surface area contributed by atoms with Crippen molar-refractivity contribution >= 4 is 12.7 Å². The van der Waals surface area contributed by atoms with Crippen LogP contribution in [0, 0.1) is 20.9 Å². The summed E-state index contributed by atoms with van der Waals surface area (Å²) in [7, 11) is 1.00. The number of nitrogens with zero attached hydrogens (tertiary/aromatic N) is 1. The van der Waals surface area contributed by atoms with Crippen LogP contribution in [-0.2, 0) is 0 Å². The van der Waals surface area contributed by atoms with E-state index in [1.807, 2.05) is 27.7 Å². The predicted octanol–water partition coefficient (Wildman–Crippen LogP) is 1.08. The summed E-state index contributed by atoms with van der Waals surface area (Å²) in [6.45, 7) is 8.00. The zero-order valence-electron chi connectivity index (χ0n) is 9.44. The lowest BCUT2D eigenvalue weighted by Crippen LogP contribution is -1.87. The topological polar surface area (TPSA) is 137 Å². The highest BCUT2D eigenvalue weighted by Gasteiger charge is 1.66. The number of nitrogens with one attached hydrogen (secondary N) is 2. The lowest BCUT2D eigenvalue weighted by molar-refractivity contribution is -0.340. The van der Waals surface area contributed by atoms with Crippen LogP contribution in [0.3, 0.4) is 0 Å². The van der Waals surface area contributed by atoms with Crippen LogP contribution in [0.2, 0.25) is 0 Å². The van der Waals surface area contributed by atoms with Gasteiger partial charge in [0.25, 0.3) is 0 Å². The minimum atomic E-state index is -0.833. The minimum absolute atomic E-state index is 0.139. The van der Waals surface area contributed by atoms with Gasteiger partial charge in [-0.2, -0.15) is 0 Å². The molecule has 0 saturated heterocycles. The molecule has 7 nitrogen and oxygen atoms in total. The molecule has 0 aromatic heterocycles. The van der Waals surface area contributed by atoms with Crippen LogP contribution < -0.4 is 5.73 Å². The van der Waals surface area contributed by atoms with Gasteiger partial charge in [0.15, 0.2) is 0 Å². The van der Waals surface area contributed by atoms with Crippen molar-refractivity contribution in [2.24, 2.45) is 5.73 Å². The molecule has 7 heteroatoms. The summed E-state index contributed by atoms with van der Waals surface area (Å²) in [5.74, 6) is 0. The summed E-state index contributed by atoms with van der Waals surface area (Å²) < 4.78 is 0. The molecule has 0 spiro atoms. The summed E-state index contributed by atoms with van der Waals surface area (Å²) in [6.07, 6.45) is 0.889. The van der Waals surface area contributed by atoms with E-state index in [4.69, 9.17) is 26.0 Å². The first kappa shape index (κ1) is 29.4. The van der Waals surface area contributed by atoms with Crippen LogP contribution in [0.1, 0.15) is 27.7 Å². The van der Waals surface area contributed by atoms with Crippen LogP contribution >= 0.6 is 0 Å². The molecule has 0 aromatic rings. The Morgan fingerprint density at radius 1 is 1.21 bits per heavy atom. The van der Waals surface area contributed by atoms with Crippen molar-refractivity contribution in [1.29, 1.82) is 10.8 Å². The Kier molecular flexibility index (Phi) is 217. The summed E-state index contributed by atoms with van der Waals surface area (Å²) in [5, 5.41) is 27.6. The molecule has 0 aliphatic rings. The van der Waals surface area contributed by atoms with Crippen LogP contribution in [0.5, 0.6) is 0 Å². The van der Waals surface area contributed by atoms with Crippen LogP contribution in [0.25, 0.3) is 0 Å². The number of aliphatic hydroxyl groups excluding tert-OH is 1. The molecule has 5 N–H and O–H groups in total. The average molecular weight is 210 g/mol. The van der Waals surface area contributed by atoms with E-state index in [0.717, 1.165) is 13.4 Å². The van der Waals surface area contributed by atoms with Gasteiger partial charge in [-0.3, -0.25) is 5.41 Å². The van der Waals surface area contributed by atoms with E-state index in [9.17, 15) is 0 Å². The second-order valence-corrected chi connectivity index (χ2v) is 0.581. The molecule has 0 saturated carbocycles. The number of nitrogens with two attached hydrogens (primary N) is 1. The first-order chi connectivity index (χ1) is 6.68. The van der Waals surface area contributed by atoms with Gasteiger partial charge < -0.3 is 21.0 Å². The van der Waals surface area contributed by atoms with Gasteiger partial charge in [0, 0.05) is 7.11 Å². The highest BCUT2D eigenvalue weighted by atomic mass is 16.6. The molecule has 0 heterocycles. The predicted molar refractivity (Wildman–Crippen MR) is 59.6 cm³/mol. The number of hydrogen-bond donors (Lipinski definition) is 4. The van der Waals surface area contributed by atoms with Gasteiger partial charge in [-0.05, 0) is 4.92 Å². The third-order valence-corrected chi connectivity index (χ3v) is 0.105. The minimum Gasteiger partial charge on any atom is -0.400 e. The van der Waals surface area contributed by atoms with Gasteiger partial charge >= 0.3 is 6.34 Å². The SMILES string of the molecule is CC.CC.CO.N=CN.N=C[N+](=O)[O-]. The zero-order chi connectivity index (χ0) is 13.0. The van der Waals surface area contributed by atoms with Crippen molar-refractivity contribution in [2.45, 2.75) is 27.7 Å². The molecule has 0 aliphatic heterocycles. The number of hydrogen-bond acceptors (Lipinski definition) is 5. The number of rotatable bonds is 1. The third kappa shape index (κ3) is 3790. The van der Waals surface area contributed by atoms with E-state index in [-0.39, 0.29) is 6.34 Å². The van der Waals surface area contributed by atoms with Gasteiger partial charge in [-0.1, -0.05) is 27.7 Å². The second kappa shape index (κ2) is 104. The van der Waals surface area contributed by atoms with E-state index in [0.29, 0.717) is 0 Å². The number of aliphatic hydroxyl groups is 1. The standard InChI is InChI=1S/2C2H6.CH2N2O2.CH4N2.CH4O/c2*1-2;2-1-3(4)5;2-1-3;1-2/h2*1-2H3;1-2H;1H,(H3,2,3);2H,1H3. The van der Waals surface area contributed by atoms with E-state index < -0.39 is 4.92 Å². The maximum atomic E-state index is 8.93. The Labute approximate surface area is 85.1 Å². The number of nitro groups is 1. The smallest absolute Gasteiger partial charge is 0.318 e. The fourth-order valence-electron chi connectivity index (χ4n) is 0. The van der Waals surface area contributed by atoms with Crippen molar-refractivity contribution in [2.75, 3.05) is 7.11 Å². The molecule has 0 fully saturated rings. The molecule has 88 valence electrons. The van der Waals surface area contributed by atoms with E-state index in [1.165, 1.54) is 0 Å². The maximum Gasteiger partial charge on any atom is 0.318 e. The molecule has 14 heavy (non-hydrogen) atoms. The molecule has 0 aliphatic carbocycles. The second-order valence-electron chi connectivity index (χ2n) is 0.581. The van der Waals surface area contributed by atoms with Gasteiger partial charge in [0.2, 0.25) is 0 Å². The van der Waals surface area contributed by atoms with Crippen molar-refractivity contribution < 1.29 is 10.0 Å². The fourth-order valence-corrected chi connectivity index (χ4v) is 0. The first-order valence-electron chi connectivity index (χ1n) is 3.98. The largest absolute Gasteiger partial charge is 0.400 e. The van der Waals surface area contributed by atoms with Crippen LogP contribution in [-0.4, -0.2) is 29.8 Å². The lowest BCUT2D eigenvalue weighted by Gasteiger charge is -1.72. The molecule has 0 bridgehead atoms. The molecule has 0 amide bonds. The molecule has 0 rings (SSSR count). The van der Waals surface area contributed by atoms with E-state index >= 15 is 0 Å². The van der Waals surface area contributed by atoms with Crippen LogP contribution in [0.15, 0.2) is 0 Å². The molecular formula is C7H22N4O3. The Balaban J connectivity index is -0.0000000263. The maximum absolute atomic E-state index is 8.93. The third-order valence-electron chi connectivity index (χ3n) is 0.105. The lowest BCUT2D eigenvalue weighted by atomic mass is 11.0. The molecule has 0 unspecified atom stereocenters. The van der Waals surface area contributed by atoms with Crippen molar-refractivity contribution in [3.63, 3.8) is 0 Å². The fraction of sp³-hybridized carbons (Fsp3) is 0.714. The first-order valence-corrected chi connectivity index (χ1v) is 3.98. The molecule has 0 atom stereocenters. The Bertz CT molecular complexity index is 98.9. The summed E-state index contributed by atoms with van der Waals surface area (Å²) >= 11 is 0. The van der Waals surface area contributed by atoms with Gasteiger partial charge in [-0.15, -0.1) is 5.41 Å². The Hall–Kier alpha value is -1.50. The van der Waals surface area contributed by atoms with Gasteiger partial charge in [-0.25, -0.2) is 0 Å². The quantitative estimate of drug-likeness (QED) is 0.223. The summed E-state index contributed by atoms with van der Waals surface area (Å²) in [5.41, 5.74) is 4.39. The van der Waals surface area contributed by atoms with E-state index in [2.05, 4.69) is 5.73 Å². The van der Waals surface area contributed by atoms with Crippen molar-refractivity contribution in [3.05, 3.63) is 10.1 Å². The Morgan fingerprint density at radius 3 is 1.29 bits per heavy atom. The summed E-state index contributed by atoms with van der Waals surface area (Å²) in [6, 6.07) is 0. The van der Waals surface area contributed by atoms with Crippen molar-refractivity contribution in [1.82, 2.24) is 0 Å². The highest BCUT2D eigenvalue weighted by molar-refractivity contribution is 5.46. The zero-order valence-corrected chi connectivity index (χ0v) is 9.44. The monoisotopic (exact) mass is 210 g/mol. The Morgan fingerprint density at radius 2 is 1.29 bits per heavy atom. The van der Waals surface area contributed by atoms with Gasteiger partial charge in [0.05, 0.1) is 6.34 Å². The summed E-state index contributed by atoms with van der Waals surface area (Å²) in [4.78, 5) is 8.10.